The first-order valence-corrected chi connectivity index (χ1v) is 7.22. The monoisotopic (exact) mass is 275 g/mol. The highest BCUT2D eigenvalue weighted by atomic mass is 79.9. The zero-order valence-electron chi connectivity index (χ0n) is 8.71. The maximum Gasteiger partial charge on any atom is 0.0159 e. The molecule has 0 bridgehead atoms. The fraction of sp³-hybridized carbons (Fsp3) is 0.636. The number of halogens is 1. The fourth-order valence-corrected chi connectivity index (χ4v) is 2.70. The zero-order chi connectivity index (χ0) is 10.2. The third-order valence-corrected chi connectivity index (χ3v) is 3.32. The van der Waals surface area contributed by atoms with Gasteiger partial charge in [-0.05, 0) is 41.8 Å². The Hall–Kier alpha value is 0.140. The molecule has 0 aromatic carbocycles. The van der Waals surface area contributed by atoms with E-state index >= 15 is 0 Å². The van der Waals surface area contributed by atoms with Gasteiger partial charge >= 0.3 is 0 Å². The summed E-state index contributed by atoms with van der Waals surface area (Å²) in [6.07, 6.45) is 2.44. The van der Waals surface area contributed by atoms with Crippen molar-refractivity contribution in [2.45, 2.75) is 19.8 Å². The van der Waals surface area contributed by atoms with E-state index in [0.717, 1.165) is 11.9 Å². The zero-order valence-corrected chi connectivity index (χ0v) is 11.1. The summed E-state index contributed by atoms with van der Waals surface area (Å²) in [5, 5.41) is 5.48. The van der Waals surface area contributed by atoms with E-state index in [1.807, 2.05) is 0 Å². The van der Waals surface area contributed by atoms with E-state index in [1.54, 1.807) is 11.3 Å². The van der Waals surface area contributed by atoms with E-state index in [1.165, 1.54) is 31.5 Å². The molecule has 0 saturated carbocycles. The molecule has 0 atom stereocenters. The summed E-state index contributed by atoms with van der Waals surface area (Å²) in [6.45, 7) is 5.82. The number of hydrogen-bond acceptors (Lipinski definition) is 2. The van der Waals surface area contributed by atoms with Crippen LogP contribution in [0.2, 0.25) is 0 Å². The quantitative estimate of drug-likeness (QED) is 0.690. The average Bonchev–Trinajstić information content (AvgIpc) is 2.67. The molecular formula is C11H18BrNS. The van der Waals surface area contributed by atoms with Gasteiger partial charge in [-0.25, -0.2) is 0 Å². The molecule has 0 radical (unpaired) electrons. The molecule has 0 unspecified atom stereocenters. The molecule has 0 aliphatic rings. The van der Waals surface area contributed by atoms with E-state index < -0.39 is 0 Å². The molecule has 0 N–H and O–H groups in total. The van der Waals surface area contributed by atoms with Crippen LogP contribution in [-0.2, 0) is 6.42 Å². The minimum atomic E-state index is 1.08. The van der Waals surface area contributed by atoms with Gasteiger partial charge in [0.15, 0.2) is 0 Å². The summed E-state index contributed by atoms with van der Waals surface area (Å²) in [6, 6.07) is 2.23. The molecule has 14 heavy (non-hydrogen) atoms. The molecule has 0 aliphatic carbocycles. The van der Waals surface area contributed by atoms with Crippen LogP contribution in [0.5, 0.6) is 0 Å². The molecule has 1 rings (SSSR count). The van der Waals surface area contributed by atoms with Crippen molar-refractivity contribution in [3.63, 3.8) is 0 Å². The van der Waals surface area contributed by atoms with Gasteiger partial charge < -0.3 is 4.90 Å². The lowest BCUT2D eigenvalue weighted by atomic mass is 10.2. The number of alkyl halides is 1. The van der Waals surface area contributed by atoms with Crippen LogP contribution in [0.15, 0.2) is 16.8 Å². The van der Waals surface area contributed by atoms with Gasteiger partial charge in [0.25, 0.3) is 0 Å². The van der Waals surface area contributed by atoms with Crippen molar-refractivity contribution in [2.75, 3.05) is 25.0 Å². The average molecular weight is 276 g/mol. The molecule has 80 valence electrons. The Kier molecular flexibility index (Phi) is 6.48. The predicted molar refractivity (Wildman–Crippen MR) is 68.5 cm³/mol. The van der Waals surface area contributed by atoms with Crippen LogP contribution in [0, 0.1) is 0 Å². The van der Waals surface area contributed by atoms with Crippen LogP contribution in [0.25, 0.3) is 0 Å². The number of nitrogens with zero attached hydrogens (tertiary/aromatic N) is 1. The van der Waals surface area contributed by atoms with Crippen molar-refractivity contribution >= 4 is 27.3 Å². The third kappa shape index (κ3) is 4.58. The van der Waals surface area contributed by atoms with Crippen molar-refractivity contribution in [3.05, 3.63) is 22.4 Å². The molecule has 1 heterocycles. The molecule has 0 saturated heterocycles. The van der Waals surface area contributed by atoms with E-state index in [2.05, 4.69) is 44.6 Å². The summed E-state index contributed by atoms with van der Waals surface area (Å²) >= 11 is 5.29. The SMILES string of the molecule is CCCN(CCBr)CCc1ccsc1. The lowest BCUT2D eigenvalue weighted by Crippen LogP contribution is -2.28. The normalized spacial score (nSPS) is 11.1. The fourth-order valence-electron chi connectivity index (χ4n) is 1.49. The lowest BCUT2D eigenvalue weighted by Gasteiger charge is -2.19. The third-order valence-electron chi connectivity index (χ3n) is 2.24. The summed E-state index contributed by atoms with van der Waals surface area (Å²) in [4.78, 5) is 2.52. The standard InChI is InChI=1S/C11H18BrNS/c1-2-6-13(8-5-12)7-3-11-4-9-14-10-11/h4,9-10H,2-3,5-8H2,1H3. The summed E-state index contributed by atoms with van der Waals surface area (Å²) < 4.78 is 0. The van der Waals surface area contributed by atoms with E-state index in [0.29, 0.717) is 0 Å². The Morgan fingerprint density at radius 3 is 2.79 bits per heavy atom. The number of thiophene rings is 1. The largest absolute Gasteiger partial charge is 0.302 e. The van der Waals surface area contributed by atoms with Crippen molar-refractivity contribution < 1.29 is 0 Å². The molecule has 1 nitrogen and oxygen atoms in total. The van der Waals surface area contributed by atoms with Crippen LogP contribution in [-0.4, -0.2) is 29.9 Å². The van der Waals surface area contributed by atoms with Gasteiger partial charge in [0.1, 0.15) is 0 Å². The van der Waals surface area contributed by atoms with E-state index in [4.69, 9.17) is 0 Å². The molecule has 3 heteroatoms. The molecule has 1 aromatic rings. The first-order valence-electron chi connectivity index (χ1n) is 5.16. The van der Waals surface area contributed by atoms with Gasteiger partial charge in [-0.3, -0.25) is 0 Å². The molecule has 0 spiro atoms. The highest BCUT2D eigenvalue weighted by molar-refractivity contribution is 9.09. The van der Waals surface area contributed by atoms with Crippen LogP contribution >= 0.6 is 27.3 Å². The molecule has 0 aliphatic heterocycles. The highest BCUT2D eigenvalue weighted by Crippen LogP contribution is 2.07. The van der Waals surface area contributed by atoms with Gasteiger partial charge in [-0.1, -0.05) is 22.9 Å². The lowest BCUT2D eigenvalue weighted by molar-refractivity contribution is 0.295. The topological polar surface area (TPSA) is 3.24 Å². The summed E-state index contributed by atoms with van der Waals surface area (Å²) in [5.41, 5.74) is 1.48. The number of rotatable bonds is 7. The smallest absolute Gasteiger partial charge is 0.0159 e. The van der Waals surface area contributed by atoms with Crippen molar-refractivity contribution in [2.24, 2.45) is 0 Å². The van der Waals surface area contributed by atoms with Gasteiger partial charge in [-0.2, -0.15) is 11.3 Å². The number of hydrogen-bond donors (Lipinski definition) is 0. The second-order valence-corrected chi connectivity index (χ2v) is 4.99. The molecule has 0 fully saturated rings. The van der Waals surface area contributed by atoms with Gasteiger partial charge in [0, 0.05) is 18.4 Å². The van der Waals surface area contributed by atoms with Crippen molar-refractivity contribution in [3.8, 4) is 0 Å². The maximum atomic E-state index is 3.50. The second-order valence-electron chi connectivity index (χ2n) is 3.41. The van der Waals surface area contributed by atoms with Crippen LogP contribution in [0.3, 0.4) is 0 Å². The molecular weight excluding hydrogens is 258 g/mol. The van der Waals surface area contributed by atoms with Crippen LogP contribution in [0.1, 0.15) is 18.9 Å². The predicted octanol–water partition coefficient (Wildman–Crippen LogP) is 3.40. The first kappa shape index (κ1) is 12.2. The van der Waals surface area contributed by atoms with E-state index in [9.17, 15) is 0 Å². The molecule has 0 amide bonds. The van der Waals surface area contributed by atoms with Crippen LogP contribution in [0.4, 0.5) is 0 Å². The maximum absolute atomic E-state index is 3.50. The van der Waals surface area contributed by atoms with Gasteiger partial charge in [0.2, 0.25) is 0 Å². The summed E-state index contributed by atoms with van der Waals surface area (Å²) in [5.74, 6) is 0. The van der Waals surface area contributed by atoms with Gasteiger partial charge in [-0.15, -0.1) is 0 Å². The highest BCUT2D eigenvalue weighted by Gasteiger charge is 2.02. The van der Waals surface area contributed by atoms with Crippen molar-refractivity contribution in [1.82, 2.24) is 4.90 Å². The van der Waals surface area contributed by atoms with Gasteiger partial charge in [0.05, 0.1) is 0 Å². The van der Waals surface area contributed by atoms with Crippen LogP contribution < -0.4 is 0 Å². The second kappa shape index (κ2) is 7.43. The minimum absolute atomic E-state index is 1.08. The van der Waals surface area contributed by atoms with Crippen molar-refractivity contribution in [1.29, 1.82) is 0 Å². The Bertz CT molecular complexity index is 217. The Morgan fingerprint density at radius 1 is 1.36 bits per heavy atom. The Labute approximate surface area is 99.3 Å². The Morgan fingerprint density at radius 2 is 2.21 bits per heavy atom. The molecule has 1 aromatic heterocycles. The first-order chi connectivity index (χ1) is 6.86. The van der Waals surface area contributed by atoms with E-state index in [-0.39, 0.29) is 0 Å². The minimum Gasteiger partial charge on any atom is -0.302 e. The Balaban J connectivity index is 2.25. The summed E-state index contributed by atoms with van der Waals surface area (Å²) in [7, 11) is 0.